The molecule has 52 heavy (non-hydrogen) atoms. The van der Waals surface area contributed by atoms with E-state index in [0.29, 0.717) is 5.56 Å². The van der Waals surface area contributed by atoms with E-state index in [0.717, 1.165) is 5.56 Å². The van der Waals surface area contributed by atoms with Gasteiger partial charge in [-0.2, -0.15) is 13.2 Å². The number of rotatable bonds is 15. The normalized spacial score (nSPS) is 14.6. The summed E-state index contributed by atoms with van der Waals surface area (Å²) in [7, 11) is -0.957. The third-order valence-electron chi connectivity index (χ3n) is 8.79. The van der Waals surface area contributed by atoms with Gasteiger partial charge in [-0.05, 0) is 42.0 Å². The number of halogens is 3. The van der Waals surface area contributed by atoms with Crippen LogP contribution in [0.1, 0.15) is 72.1 Å². The highest BCUT2D eigenvalue weighted by Gasteiger charge is 2.42. The molecule has 2 rings (SSSR count). The van der Waals surface area contributed by atoms with Crippen molar-refractivity contribution in [1.82, 2.24) is 25.6 Å². The molecular formula is C37H52F3N5O6S. The average molecular weight is 752 g/mol. The lowest BCUT2D eigenvalue weighted by Crippen LogP contribution is -2.61. The zero-order valence-electron chi connectivity index (χ0n) is 31.4. The van der Waals surface area contributed by atoms with Gasteiger partial charge in [0, 0.05) is 24.6 Å². The molecule has 0 spiro atoms. The van der Waals surface area contributed by atoms with Crippen molar-refractivity contribution < 1.29 is 40.8 Å². The van der Waals surface area contributed by atoms with Gasteiger partial charge in [-0.3, -0.25) is 19.2 Å². The number of nitrogens with one attached hydrogen (secondary N) is 4. The molecule has 2 aromatic carbocycles. The minimum atomic E-state index is -5.03. The number of benzene rings is 2. The Morgan fingerprint density at radius 1 is 0.865 bits per heavy atom. The van der Waals surface area contributed by atoms with Crippen molar-refractivity contribution >= 4 is 33.7 Å². The molecule has 0 heterocycles. The van der Waals surface area contributed by atoms with E-state index in [4.69, 9.17) is 0 Å². The predicted octanol–water partition coefficient (Wildman–Crippen LogP) is 4.34. The van der Waals surface area contributed by atoms with Gasteiger partial charge in [-0.1, -0.05) is 109 Å². The van der Waals surface area contributed by atoms with Crippen LogP contribution in [0.2, 0.25) is 0 Å². The van der Waals surface area contributed by atoms with Crippen LogP contribution >= 0.6 is 0 Å². The summed E-state index contributed by atoms with van der Waals surface area (Å²) in [5.74, 6) is -4.58. The number of nitrogens with zero attached hydrogens (tertiary/aromatic N) is 1. The second-order valence-electron chi connectivity index (χ2n) is 14.8. The lowest BCUT2D eigenvalue weighted by atomic mass is 9.76. The Bertz CT molecular complexity index is 1700. The van der Waals surface area contributed by atoms with E-state index in [2.05, 4.69) is 10.6 Å². The lowest BCUT2D eigenvalue weighted by molar-refractivity contribution is -0.173. The molecule has 15 heteroatoms. The summed E-state index contributed by atoms with van der Waals surface area (Å²) in [6.45, 7) is 14.1. The standard InChI is InChI=1S/C37H52F3N5O6S/c1-23(2)28(20-24(3)31(46)44-52(50,51)22-26-18-16-25(17-19-26)21-42-34(49)37(38,39)40)45(10)33(48)30(35(4,5)6)43-32(47)29(41-9)36(7,8)27-14-12-11-13-15-27/h11-20,23,28-30,41H,21-22H2,1-10H3,(H,42,49)(H,43,47)(H,44,46)/b24-20+/t28-,29-,30?/m1/s1. The van der Waals surface area contributed by atoms with Crippen LogP contribution in [0.4, 0.5) is 13.2 Å². The average Bonchev–Trinajstić information content (AvgIpc) is 3.03. The summed E-state index contributed by atoms with van der Waals surface area (Å²) in [4.78, 5) is 53.5. The SMILES string of the molecule is CN[C@H](C(=O)NC(C(=O)N(C)[C@H](/C=C(\C)C(=O)NS(=O)(=O)Cc1ccc(CNC(=O)C(F)(F)F)cc1)C(C)C)C(C)(C)C)C(C)(C)c1ccccc1. The quantitative estimate of drug-likeness (QED) is 0.198. The van der Waals surface area contributed by atoms with Gasteiger partial charge in [0.1, 0.15) is 6.04 Å². The number of carbonyl (C=O) groups excluding carboxylic acids is 4. The molecule has 0 saturated carbocycles. The van der Waals surface area contributed by atoms with Gasteiger partial charge >= 0.3 is 12.1 Å². The van der Waals surface area contributed by atoms with Gasteiger partial charge in [-0.25, -0.2) is 13.1 Å². The van der Waals surface area contributed by atoms with Gasteiger partial charge in [0.25, 0.3) is 5.91 Å². The molecule has 0 aliphatic rings. The fraction of sp³-hybridized carbons (Fsp3) is 0.514. The summed E-state index contributed by atoms with van der Waals surface area (Å²) in [5.41, 5.74) is 0.194. The molecule has 288 valence electrons. The van der Waals surface area contributed by atoms with E-state index in [-0.39, 0.29) is 23.0 Å². The minimum Gasteiger partial charge on any atom is -0.344 e. The van der Waals surface area contributed by atoms with Crippen LogP contribution in [0.5, 0.6) is 0 Å². The minimum absolute atomic E-state index is 0.0360. The molecule has 0 fully saturated rings. The molecule has 0 aliphatic heterocycles. The Morgan fingerprint density at radius 3 is 1.88 bits per heavy atom. The number of likely N-dealkylation sites (N-methyl/N-ethyl adjacent to an activating group) is 2. The zero-order chi connectivity index (χ0) is 39.8. The molecule has 0 bridgehead atoms. The first-order chi connectivity index (χ1) is 23.8. The summed E-state index contributed by atoms with van der Waals surface area (Å²) in [6.07, 6.45) is -3.52. The van der Waals surface area contributed by atoms with E-state index in [1.807, 2.05) is 83.5 Å². The lowest BCUT2D eigenvalue weighted by Gasteiger charge is -2.40. The fourth-order valence-corrected chi connectivity index (χ4v) is 6.82. The van der Waals surface area contributed by atoms with Crippen molar-refractivity contribution in [3.05, 3.63) is 82.9 Å². The Kier molecular flexibility index (Phi) is 14.8. The van der Waals surface area contributed by atoms with Crippen LogP contribution in [-0.2, 0) is 46.9 Å². The summed E-state index contributed by atoms with van der Waals surface area (Å²) >= 11 is 0. The van der Waals surface area contributed by atoms with Crippen LogP contribution in [0.15, 0.2) is 66.2 Å². The van der Waals surface area contributed by atoms with Crippen LogP contribution < -0.4 is 20.7 Å². The van der Waals surface area contributed by atoms with Crippen molar-refractivity contribution in [3.8, 4) is 0 Å². The highest BCUT2D eigenvalue weighted by molar-refractivity contribution is 7.89. The Hall–Kier alpha value is -4.24. The summed E-state index contributed by atoms with van der Waals surface area (Å²) in [6, 6.07) is 12.7. The molecule has 0 aromatic heterocycles. The van der Waals surface area contributed by atoms with E-state index < -0.39 is 75.2 Å². The van der Waals surface area contributed by atoms with Gasteiger partial charge < -0.3 is 20.9 Å². The molecule has 0 saturated heterocycles. The monoisotopic (exact) mass is 751 g/mol. The third kappa shape index (κ3) is 12.2. The molecule has 11 nitrogen and oxygen atoms in total. The highest BCUT2D eigenvalue weighted by Crippen LogP contribution is 2.29. The third-order valence-corrected chi connectivity index (χ3v) is 9.99. The van der Waals surface area contributed by atoms with E-state index >= 15 is 0 Å². The molecule has 0 aliphatic carbocycles. The zero-order valence-corrected chi connectivity index (χ0v) is 32.3. The van der Waals surface area contributed by atoms with Crippen molar-refractivity contribution in [2.24, 2.45) is 11.3 Å². The van der Waals surface area contributed by atoms with Crippen LogP contribution in [-0.4, -0.2) is 75.3 Å². The molecule has 3 atom stereocenters. The maximum atomic E-state index is 14.1. The Balaban J connectivity index is 2.21. The second kappa shape index (κ2) is 17.5. The van der Waals surface area contributed by atoms with E-state index in [9.17, 15) is 40.8 Å². The van der Waals surface area contributed by atoms with E-state index in [1.54, 1.807) is 19.4 Å². The number of hydrogen-bond acceptors (Lipinski definition) is 7. The molecule has 4 amide bonds. The summed E-state index contributed by atoms with van der Waals surface area (Å²) in [5, 5.41) is 7.81. The topological polar surface area (TPSA) is 154 Å². The number of hydrogen-bond donors (Lipinski definition) is 4. The van der Waals surface area contributed by atoms with Crippen molar-refractivity contribution in [2.45, 2.75) is 97.4 Å². The number of carbonyl (C=O) groups is 4. The van der Waals surface area contributed by atoms with Crippen LogP contribution in [0.3, 0.4) is 0 Å². The molecule has 4 N–H and O–H groups in total. The van der Waals surface area contributed by atoms with Crippen LogP contribution in [0.25, 0.3) is 0 Å². The Morgan fingerprint density at radius 2 is 1.40 bits per heavy atom. The second-order valence-corrected chi connectivity index (χ2v) is 16.6. The first-order valence-electron chi connectivity index (χ1n) is 16.8. The fourth-order valence-electron chi connectivity index (χ4n) is 5.68. The van der Waals surface area contributed by atoms with Crippen molar-refractivity contribution in [3.63, 3.8) is 0 Å². The largest absolute Gasteiger partial charge is 0.471 e. The first-order valence-corrected chi connectivity index (χ1v) is 18.4. The molecule has 1 unspecified atom stereocenters. The van der Waals surface area contributed by atoms with Gasteiger partial charge in [0.05, 0.1) is 17.8 Å². The number of alkyl halides is 3. The molecular weight excluding hydrogens is 699 g/mol. The molecule has 0 radical (unpaired) electrons. The maximum absolute atomic E-state index is 14.1. The highest BCUT2D eigenvalue weighted by atomic mass is 32.2. The first kappa shape index (κ1) is 43.9. The van der Waals surface area contributed by atoms with Crippen molar-refractivity contribution in [2.75, 3.05) is 14.1 Å². The van der Waals surface area contributed by atoms with Crippen molar-refractivity contribution in [1.29, 1.82) is 0 Å². The predicted molar refractivity (Wildman–Crippen MR) is 194 cm³/mol. The maximum Gasteiger partial charge on any atom is 0.471 e. The number of sulfonamides is 1. The summed E-state index contributed by atoms with van der Waals surface area (Å²) < 4.78 is 65.1. The van der Waals surface area contributed by atoms with E-state index in [1.165, 1.54) is 42.2 Å². The Labute approximate surface area is 305 Å². The van der Waals surface area contributed by atoms with Crippen LogP contribution in [0, 0.1) is 11.3 Å². The van der Waals surface area contributed by atoms with Gasteiger partial charge in [0.15, 0.2) is 0 Å². The van der Waals surface area contributed by atoms with Gasteiger partial charge in [-0.15, -0.1) is 0 Å². The smallest absolute Gasteiger partial charge is 0.344 e. The molecule has 2 aromatic rings. The van der Waals surface area contributed by atoms with Gasteiger partial charge in [0.2, 0.25) is 21.8 Å². The number of amides is 4.